The van der Waals surface area contributed by atoms with Gasteiger partial charge >= 0.3 is 5.97 Å². The maximum Gasteiger partial charge on any atom is 0.331 e. The van der Waals surface area contributed by atoms with Gasteiger partial charge in [-0.2, -0.15) is 0 Å². The summed E-state index contributed by atoms with van der Waals surface area (Å²) in [7, 11) is 0. The molecule has 1 N–H and O–H groups in total. The highest BCUT2D eigenvalue weighted by Gasteiger charge is 2.15. The number of nitrogens with zero attached hydrogens (tertiary/aromatic N) is 1. The summed E-state index contributed by atoms with van der Waals surface area (Å²) in [5.74, 6) is -0.930. The standard InChI is InChI=1S/C15H16ClNO2/c1-4-17-13-9(2)6-5-7-11(13)12(14(17)16)8-10(3)15(18)19/h5-8H,4H2,1-3H3,(H,18,19)/b10-8+. The summed E-state index contributed by atoms with van der Waals surface area (Å²) >= 11 is 6.40. The number of fused-ring (bicyclic) bond motifs is 1. The van der Waals surface area contributed by atoms with Crippen molar-refractivity contribution in [2.24, 2.45) is 0 Å². The van der Waals surface area contributed by atoms with Crippen LogP contribution in [0.25, 0.3) is 17.0 Å². The van der Waals surface area contributed by atoms with Crippen molar-refractivity contribution in [2.45, 2.75) is 27.3 Å². The zero-order valence-electron chi connectivity index (χ0n) is 11.2. The Balaban J connectivity index is 2.82. The molecule has 0 atom stereocenters. The van der Waals surface area contributed by atoms with E-state index in [2.05, 4.69) is 0 Å². The Morgan fingerprint density at radius 1 is 1.47 bits per heavy atom. The van der Waals surface area contributed by atoms with Gasteiger partial charge in [0.25, 0.3) is 0 Å². The van der Waals surface area contributed by atoms with Crippen LogP contribution in [0.1, 0.15) is 25.0 Å². The van der Waals surface area contributed by atoms with Crippen molar-refractivity contribution in [3.63, 3.8) is 0 Å². The Labute approximate surface area is 117 Å². The fraction of sp³-hybridized carbons (Fsp3) is 0.267. The number of hydrogen-bond acceptors (Lipinski definition) is 1. The molecule has 0 aliphatic carbocycles. The number of halogens is 1. The largest absolute Gasteiger partial charge is 0.478 e. The highest BCUT2D eigenvalue weighted by atomic mass is 35.5. The average Bonchev–Trinajstić information content (AvgIpc) is 2.64. The van der Waals surface area contributed by atoms with E-state index in [0.29, 0.717) is 5.15 Å². The van der Waals surface area contributed by atoms with E-state index >= 15 is 0 Å². The summed E-state index contributed by atoms with van der Waals surface area (Å²) < 4.78 is 2.01. The molecule has 19 heavy (non-hydrogen) atoms. The number of carbonyl (C=O) groups is 1. The van der Waals surface area contributed by atoms with E-state index in [0.717, 1.165) is 28.6 Å². The van der Waals surface area contributed by atoms with Gasteiger partial charge < -0.3 is 9.67 Å². The van der Waals surface area contributed by atoms with E-state index in [1.807, 2.05) is 36.6 Å². The number of benzene rings is 1. The van der Waals surface area contributed by atoms with Gasteiger partial charge in [0, 0.05) is 23.1 Å². The first-order valence-corrected chi connectivity index (χ1v) is 6.54. The monoisotopic (exact) mass is 277 g/mol. The summed E-state index contributed by atoms with van der Waals surface area (Å²) in [5, 5.41) is 10.6. The Bertz CT molecular complexity index is 683. The number of carboxylic acid groups (broad SMARTS) is 1. The fourth-order valence-corrected chi connectivity index (χ4v) is 2.66. The quantitative estimate of drug-likeness (QED) is 0.858. The molecule has 100 valence electrons. The molecular formula is C15H16ClNO2. The Hall–Kier alpha value is -1.74. The molecular weight excluding hydrogens is 262 g/mol. The van der Waals surface area contributed by atoms with Crippen LogP contribution in [0.3, 0.4) is 0 Å². The minimum absolute atomic E-state index is 0.276. The number of para-hydroxylation sites is 1. The van der Waals surface area contributed by atoms with Crippen molar-refractivity contribution in [3.8, 4) is 0 Å². The fourth-order valence-electron chi connectivity index (χ4n) is 2.30. The first-order chi connectivity index (χ1) is 8.97. The van der Waals surface area contributed by atoms with Gasteiger partial charge in [-0.1, -0.05) is 29.8 Å². The second-order valence-corrected chi connectivity index (χ2v) is 4.91. The molecule has 1 heterocycles. The first-order valence-electron chi connectivity index (χ1n) is 6.16. The van der Waals surface area contributed by atoms with Crippen LogP contribution in [-0.2, 0) is 11.3 Å². The number of rotatable bonds is 3. The molecule has 0 bridgehead atoms. The van der Waals surface area contributed by atoms with Crippen LogP contribution < -0.4 is 0 Å². The lowest BCUT2D eigenvalue weighted by molar-refractivity contribution is -0.132. The SMILES string of the molecule is CCn1c(Cl)c(/C=C(\C)C(=O)O)c2cccc(C)c21. The van der Waals surface area contributed by atoms with Crippen LogP contribution in [0.5, 0.6) is 0 Å². The molecule has 1 aromatic heterocycles. The van der Waals surface area contributed by atoms with E-state index in [-0.39, 0.29) is 5.57 Å². The highest BCUT2D eigenvalue weighted by molar-refractivity contribution is 6.33. The van der Waals surface area contributed by atoms with E-state index < -0.39 is 5.97 Å². The molecule has 0 saturated heterocycles. The molecule has 4 heteroatoms. The van der Waals surface area contributed by atoms with Crippen LogP contribution in [0.2, 0.25) is 5.15 Å². The van der Waals surface area contributed by atoms with Gasteiger partial charge in [-0.05, 0) is 32.4 Å². The molecule has 0 aliphatic heterocycles. The van der Waals surface area contributed by atoms with Crippen molar-refractivity contribution in [3.05, 3.63) is 40.1 Å². The number of aromatic nitrogens is 1. The minimum atomic E-state index is -0.930. The third-order valence-corrected chi connectivity index (χ3v) is 3.68. The van der Waals surface area contributed by atoms with Crippen LogP contribution >= 0.6 is 11.6 Å². The molecule has 0 spiro atoms. The minimum Gasteiger partial charge on any atom is -0.478 e. The average molecular weight is 278 g/mol. The van der Waals surface area contributed by atoms with E-state index in [9.17, 15) is 4.79 Å². The summed E-state index contributed by atoms with van der Waals surface area (Å²) in [5.41, 5.74) is 3.26. The van der Waals surface area contributed by atoms with Crippen LogP contribution in [0, 0.1) is 6.92 Å². The summed E-state index contributed by atoms with van der Waals surface area (Å²) in [6.45, 7) is 6.38. The van der Waals surface area contributed by atoms with Gasteiger partial charge in [-0.3, -0.25) is 0 Å². The maximum atomic E-state index is 11.0. The molecule has 2 aromatic rings. The lowest BCUT2D eigenvalue weighted by Crippen LogP contribution is -1.96. The topological polar surface area (TPSA) is 42.2 Å². The van der Waals surface area contributed by atoms with Crippen molar-refractivity contribution in [1.29, 1.82) is 0 Å². The van der Waals surface area contributed by atoms with Gasteiger partial charge in [0.2, 0.25) is 0 Å². The lowest BCUT2D eigenvalue weighted by Gasteiger charge is -2.04. The smallest absolute Gasteiger partial charge is 0.331 e. The molecule has 0 saturated carbocycles. The van der Waals surface area contributed by atoms with Crippen LogP contribution in [0.15, 0.2) is 23.8 Å². The Morgan fingerprint density at radius 3 is 2.74 bits per heavy atom. The predicted molar refractivity (Wildman–Crippen MR) is 78.6 cm³/mol. The van der Waals surface area contributed by atoms with E-state index in [4.69, 9.17) is 16.7 Å². The van der Waals surface area contributed by atoms with Crippen LogP contribution in [-0.4, -0.2) is 15.6 Å². The highest BCUT2D eigenvalue weighted by Crippen LogP contribution is 2.33. The van der Waals surface area contributed by atoms with Crippen LogP contribution in [0.4, 0.5) is 0 Å². The molecule has 3 nitrogen and oxygen atoms in total. The molecule has 0 amide bonds. The molecule has 0 fully saturated rings. The second-order valence-electron chi connectivity index (χ2n) is 4.55. The van der Waals surface area contributed by atoms with Crippen molar-refractivity contribution >= 4 is 34.5 Å². The van der Waals surface area contributed by atoms with Gasteiger partial charge in [0.05, 0.1) is 5.52 Å². The third kappa shape index (κ3) is 2.26. The van der Waals surface area contributed by atoms with Gasteiger partial charge in [0.15, 0.2) is 0 Å². The van der Waals surface area contributed by atoms with E-state index in [1.165, 1.54) is 0 Å². The third-order valence-electron chi connectivity index (χ3n) is 3.27. The molecule has 0 radical (unpaired) electrons. The summed E-state index contributed by atoms with van der Waals surface area (Å²) in [4.78, 5) is 11.0. The van der Waals surface area contributed by atoms with Gasteiger partial charge in [-0.25, -0.2) is 4.79 Å². The molecule has 2 rings (SSSR count). The maximum absolute atomic E-state index is 11.0. The van der Waals surface area contributed by atoms with Gasteiger partial charge in [0.1, 0.15) is 5.15 Å². The second kappa shape index (κ2) is 5.10. The molecule has 1 aromatic carbocycles. The van der Waals surface area contributed by atoms with Crippen molar-refractivity contribution < 1.29 is 9.90 Å². The molecule has 0 aliphatic rings. The zero-order valence-corrected chi connectivity index (χ0v) is 12.0. The normalized spacial score (nSPS) is 12.1. The summed E-state index contributed by atoms with van der Waals surface area (Å²) in [6.07, 6.45) is 1.64. The summed E-state index contributed by atoms with van der Waals surface area (Å²) in [6, 6.07) is 5.96. The van der Waals surface area contributed by atoms with Gasteiger partial charge in [-0.15, -0.1) is 0 Å². The number of aryl methyl sites for hydroxylation is 2. The number of hydrogen-bond donors (Lipinski definition) is 1. The predicted octanol–water partition coefficient (Wildman–Crippen LogP) is 4.11. The van der Waals surface area contributed by atoms with Crippen molar-refractivity contribution in [1.82, 2.24) is 4.57 Å². The number of carboxylic acids is 1. The number of aliphatic carboxylic acids is 1. The Kier molecular flexibility index (Phi) is 3.67. The zero-order chi connectivity index (χ0) is 14.2. The first kappa shape index (κ1) is 13.7. The van der Waals surface area contributed by atoms with Crippen molar-refractivity contribution in [2.75, 3.05) is 0 Å². The van der Waals surface area contributed by atoms with E-state index in [1.54, 1.807) is 13.0 Å². The Morgan fingerprint density at radius 2 is 2.16 bits per heavy atom. The molecule has 0 unspecified atom stereocenters. The lowest BCUT2D eigenvalue weighted by atomic mass is 10.1.